The molecule has 2 saturated heterocycles. The average Bonchev–Trinajstić information content (AvgIpc) is 3.16. The number of nitrogens with one attached hydrogen (secondary N) is 1. The van der Waals surface area contributed by atoms with Gasteiger partial charge in [-0.1, -0.05) is 12.1 Å². The molecule has 0 spiro atoms. The largest absolute Gasteiger partial charge is 0.381 e. The van der Waals surface area contributed by atoms with Crippen molar-refractivity contribution < 1.29 is 9.53 Å². The fourth-order valence-corrected chi connectivity index (χ4v) is 3.79. The van der Waals surface area contributed by atoms with E-state index in [1.165, 1.54) is 0 Å². The number of carbonyl (C=O) groups excluding carboxylic acids is 1. The van der Waals surface area contributed by atoms with Crippen LogP contribution >= 0.6 is 0 Å². The van der Waals surface area contributed by atoms with Gasteiger partial charge in [0, 0.05) is 64.2 Å². The molecular weight excluding hydrogens is 380 g/mol. The Morgan fingerprint density at radius 3 is 2.63 bits per heavy atom. The Bertz CT molecular complexity index is 887. The van der Waals surface area contributed by atoms with Crippen molar-refractivity contribution in [1.29, 1.82) is 0 Å². The first-order valence-corrected chi connectivity index (χ1v) is 10.6. The van der Waals surface area contributed by atoms with Gasteiger partial charge in [0.2, 0.25) is 5.91 Å². The highest BCUT2D eigenvalue weighted by molar-refractivity contribution is 5.85. The number of amides is 1. The minimum Gasteiger partial charge on any atom is -0.381 e. The molecule has 30 heavy (non-hydrogen) atoms. The van der Waals surface area contributed by atoms with Crippen LogP contribution in [0.3, 0.4) is 0 Å². The number of nitrogens with zero attached hydrogens (tertiary/aromatic N) is 5. The Morgan fingerprint density at radius 2 is 2.00 bits per heavy atom. The first-order chi connectivity index (χ1) is 14.6. The number of amidine groups is 1. The third-order valence-electron chi connectivity index (χ3n) is 5.56. The number of hydrogen-bond acceptors (Lipinski definition) is 5. The summed E-state index contributed by atoms with van der Waals surface area (Å²) in [5.74, 6) is 1.57. The molecule has 0 saturated carbocycles. The molecule has 0 radical (unpaired) electrons. The Kier molecular flexibility index (Phi) is 6.44. The number of benzene rings is 1. The van der Waals surface area contributed by atoms with Crippen LogP contribution in [-0.2, 0) is 16.6 Å². The first-order valence-electron chi connectivity index (χ1n) is 10.6. The highest BCUT2D eigenvalue weighted by atomic mass is 16.5. The van der Waals surface area contributed by atoms with Crippen molar-refractivity contribution in [3.63, 3.8) is 0 Å². The maximum Gasteiger partial charge on any atom is 0.219 e. The maximum atomic E-state index is 12.0. The third kappa shape index (κ3) is 5.25. The molecule has 1 aromatic heterocycles. The van der Waals surface area contributed by atoms with E-state index in [-0.39, 0.29) is 5.91 Å². The predicted molar refractivity (Wildman–Crippen MR) is 116 cm³/mol. The summed E-state index contributed by atoms with van der Waals surface area (Å²) in [4.78, 5) is 18.7. The summed E-state index contributed by atoms with van der Waals surface area (Å²) >= 11 is 0. The topological polar surface area (TPSA) is 75.0 Å². The van der Waals surface area contributed by atoms with Gasteiger partial charge in [-0.05, 0) is 24.1 Å². The zero-order valence-corrected chi connectivity index (χ0v) is 17.8. The van der Waals surface area contributed by atoms with Crippen LogP contribution in [0.5, 0.6) is 0 Å². The van der Waals surface area contributed by atoms with E-state index in [2.05, 4.69) is 27.7 Å². The smallest absolute Gasteiger partial charge is 0.219 e. The van der Waals surface area contributed by atoms with Crippen molar-refractivity contribution in [2.24, 2.45) is 18.0 Å². The molecule has 8 heteroatoms. The lowest BCUT2D eigenvalue weighted by Crippen LogP contribution is -2.48. The lowest BCUT2D eigenvalue weighted by molar-refractivity contribution is -0.128. The molecule has 0 aliphatic carbocycles. The highest BCUT2D eigenvalue weighted by Gasteiger charge is 2.23. The van der Waals surface area contributed by atoms with Gasteiger partial charge in [-0.15, -0.1) is 0 Å². The molecule has 1 N–H and O–H groups in total. The van der Waals surface area contributed by atoms with E-state index in [1.54, 1.807) is 11.6 Å². The molecule has 2 aliphatic heterocycles. The minimum absolute atomic E-state index is 0.121. The van der Waals surface area contributed by atoms with Crippen molar-refractivity contribution in [2.45, 2.75) is 19.8 Å². The molecule has 3 heterocycles. The van der Waals surface area contributed by atoms with Crippen molar-refractivity contribution in [1.82, 2.24) is 25.1 Å². The molecule has 2 fully saturated rings. The summed E-state index contributed by atoms with van der Waals surface area (Å²) in [6, 6.07) is 8.18. The fourth-order valence-electron chi connectivity index (χ4n) is 3.79. The molecular formula is C22H30N6O2. The monoisotopic (exact) mass is 410 g/mol. The summed E-state index contributed by atoms with van der Waals surface area (Å²) in [5, 5.41) is 6.47. The molecule has 160 valence electrons. The molecule has 4 rings (SSSR count). The van der Waals surface area contributed by atoms with Crippen molar-refractivity contribution in [2.75, 3.05) is 39.4 Å². The molecule has 0 unspecified atom stereocenters. The second-order valence-corrected chi connectivity index (χ2v) is 8.08. The van der Waals surface area contributed by atoms with Gasteiger partial charge in [0.25, 0.3) is 0 Å². The number of ether oxygens (including phenoxy) is 1. The van der Waals surface area contributed by atoms with Gasteiger partial charge in [0.1, 0.15) is 5.84 Å². The summed E-state index contributed by atoms with van der Waals surface area (Å²) in [6.07, 6.45) is 5.49. The molecule has 2 aliphatic rings. The van der Waals surface area contributed by atoms with Crippen molar-refractivity contribution >= 4 is 17.4 Å². The molecule has 0 atom stereocenters. The quantitative estimate of drug-likeness (QED) is 0.837. The molecule has 1 amide bonds. The van der Waals surface area contributed by atoms with Crippen LogP contribution in [0.4, 0.5) is 5.69 Å². The van der Waals surface area contributed by atoms with E-state index in [9.17, 15) is 4.79 Å². The van der Waals surface area contributed by atoms with Gasteiger partial charge in [0.15, 0.2) is 0 Å². The van der Waals surface area contributed by atoms with Gasteiger partial charge < -0.3 is 15.1 Å². The molecule has 0 bridgehead atoms. The zero-order valence-electron chi connectivity index (χ0n) is 17.8. The molecule has 8 nitrogen and oxygen atoms in total. The summed E-state index contributed by atoms with van der Waals surface area (Å²) in [7, 11) is 1.92. The van der Waals surface area contributed by atoms with E-state index in [0.29, 0.717) is 18.9 Å². The number of aliphatic imine (C=N–C) groups is 1. The summed E-state index contributed by atoms with van der Waals surface area (Å²) < 4.78 is 7.13. The molecule has 1 aromatic carbocycles. The number of aryl methyl sites for hydroxylation is 1. The van der Waals surface area contributed by atoms with E-state index >= 15 is 0 Å². The average molecular weight is 411 g/mol. The van der Waals surface area contributed by atoms with Crippen LogP contribution in [0.1, 0.15) is 19.8 Å². The van der Waals surface area contributed by atoms with E-state index < -0.39 is 0 Å². The van der Waals surface area contributed by atoms with Gasteiger partial charge in [-0.25, -0.2) is 10.0 Å². The van der Waals surface area contributed by atoms with Crippen LogP contribution in [-0.4, -0.2) is 70.8 Å². The second kappa shape index (κ2) is 9.40. The Balaban J connectivity index is 1.51. The Morgan fingerprint density at radius 1 is 1.20 bits per heavy atom. The number of aromatic nitrogens is 2. The van der Waals surface area contributed by atoms with Gasteiger partial charge in [0.05, 0.1) is 25.1 Å². The number of carbonyl (C=O) groups is 1. The van der Waals surface area contributed by atoms with Gasteiger partial charge >= 0.3 is 0 Å². The van der Waals surface area contributed by atoms with Crippen LogP contribution in [0.15, 0.2) is 41.7 Å². The summed E-state index contributed by atoms with van der Waals surface area (Å²) in [6.45, 7) is 6.54. The second-order valence-electron chi connectivity index (χ2n) is 8.08. The van der Waals surface area contributed by atoms with Crippen LogP contribution in [0, 0.1) is 5.92 Å². The van der Waals surface area contributed by atoms with E-state index in [4.69, 9.17) is 9.73 Å². The minimum atomic E-state index is 0.121. The van der Waals surface area contributed by atoms with Crippen LogP contribution < -0.4 is 5.43 Å². The van der Waals surface area contributed by atoms with Gasteiger partial charge in [-0.3, -0.25) is 9.48 Å². The predicted octanol–water partition coefficient (Wildman–Crippen LogP) is 2.21. The Hall–Kier alpha value is -2.71. The standard InChI is InChI=1S/C22H30N6O2/c1-17(29)27-9-3-10-28(13-18-15-30-16-18)25-22(8-11-27)24-21-6-4-19(5-7-21)20-12-23-26(2)14-20/h4-7,12,14,18H,3,8-11,13,15-16H2,1-2H3,(H,24,25). The van der Waals surface area contributed by atoms with Crippen molar-refractivity contribution in [3.8, 4) is 11.1 Å². The SMILES string of the molecule is CC(=O)N1CCCN(CC2COC2)NC(=Nc2ccc(-c3cnn(C)c3)cc2)CC1. The maximum absolute atomic E-state index is 12.0. The van der Waals surface area contributed by atoms with Crippen LogP contribution in [0.25, 0.3) is 11.1 Å². The van der Waals surface area contributed by atoms with Crippen molar-refractivity contribution in [3.05, 3.63) is 36.7 Å². The lowest BCUT2D eigenvalue weighted by atomic mass is 10.1. The number of hydrogen-bond donors (Lipinski definition) is 1. The first kappa shape index (κ1) is 20.6. The summed E-state index contributed by atoms with van der Waals surface area (Å²) in [5.41, 5.74) is 6.62. The van der Waals surface area contributed by atoms with Crippen LogP contribution in [0.2, 0.25) is 0 Å². The molecule has 2 aromatic rings. The Labute approximate surface area is 177 Å². The normalized spacial score (nSPS) is 20.2. The zero-order chi connectivity index (χ0) is 20.9. The van der Waals surface area contributed by atoms with Gasteiger partial charge in [-0.2, -0.15) is 5.10 Å². The fraction of sp³-hybridized carbons (Fsp3) is 0.500. The third-order valence-corrected chi connectivity index (χ3v) is 5.56. The highest BCUT2D eigenvalue weighted by Crippen LogP contribution is 2.22. The van der Waals surface area contributed by atoms with E-state index in [0.717, 1.165) is 61.9 Å². The number of rotatable bonds is 4. The number of hydrazine groups is 1. The van der Waals surface area contributed by atoms with E-state index in [1.807, 2.05) is 36.5 Å². The lowest BCUT2D eigenvalue weighted by Gasteiger charge is -2.33.